The fourth-order valence-electron chi connectivity index (χ4n) is 4.49. The van der Waals surface area contributed by atoms with E-state index < -0.39 is 22.9 Å². The van der Waals surface area contributed by atoms with Gasteiger partial charge in [-0.25, -0.2) is 9.18 Å². The second kappa shape index (κ2) is 10.3. The second-order valence-corrected chi connectivity index (χ2v) is 8.82. The molecule has 3 heterocycles. The first kappa shape index (κ1) is 24.5. The minimum atomic E-state index is -0.571. The van der Waals surface area contributed by atoms with Crippen LogP contribution in [0.5, 0.6) is 0 Å². The van der Waals surface area contributed by atoms with Crippen molar-refractivity contribution >= 4 is 29.3 Å². The molecular formula is C23H28FN5O6. The number of hydrogen-bond acceptors (Lipinski definition) is 8. The summed E-state index contributed by atoms with van der Waals surface area (Å²) in [5.41, 5.74) is 0.877. The van der Waals surface area contributed by atoms with Gasteiger partial charge in [0, 0.05) is 26.1 Å². The molecule has 2 fully saturated rings. The maximum atomic E-state index is 15.0. The summed E-state index contributed by atoms with van der Waals surface area (Å²) in [6.07, 6.45) is 0.531. The number of rotatable bonds is 8. The Morgan fingerprint density at radius 2 is 2.03 bits per heavy atom. The zero-order valence-corrected chi connectivity index (χ0v) is 19.6. The van der Waals surface area contributed by atoms with Crippen LogP contribution in [0.4, 0.5) is 26.4 Å². The molecule has 1 aromatic carbocycles. The Bertz CT molecular complexity index is 1100. The molecule has 35 heavy (non-hydrogen) atoms. The zero-order chi connectivity index (χ0) is 25.1. The van der Waals surface area contributed by atoms with Gasteiger partial charge in [-0.2, -0.15) is 0 Å². The lowest BCUT2D eigenvalue weighted by Gasteiger charge is -2.37. The number of ether oxygens (including phenoxy) is 1. The number of furan rings is 1. The average Bonchev–Trinajstić information content (AvgIpc) is 3.44. The lowest BCUT2D eigenvalue weighted by Crippen LogP contribution is -2.43. The second-order valence-electron chi connectivity index (χ2n) is 8.82. The Balaban J connectivity index is 1.32. The van der Waals surface area contributed by atoms with Crippen LogP contribution in [0.3, 0.4) is 0 Å². The van der Waals surface area contributed by atoms with Gasteiger partial charge in [-0.05, 0) is 44.2 Å². The topological polar surface area (TPSA) is 121 Å². The summed E-state index contributed by atoms with van der Waals surface area (Å²) < 4.78 is 25.5. The van der Waals surface area contributed by atoms with Crippen LogP contribution in [0.1, 0.15) is 25.5 Å². The molecule has 1 N–H and O–H groups in total. The fraction of sp³-hybridized carbons (Fsp3) is 0.478. The number of carbonyl (C=O) groups excluding carboxylic acids is 2. The van der Waals surface area contributed by atoms with Crippen molar-refractivity contribution in [3.63, 3.8) is 0 Å². The van der Waals surface area contributed by atoms with Crippen LogP contribution in [0, 0.1) is 15.9 Å². The summed E-state index contributed by atoms with van der Waals surface area (Å²) in [7, 11) is 1.94. The highest BCUT2D eigenvalue weighted by Gasteiger charge is 2.33. The number of nitrogens with zero attached hydrogens (tertiary/aromatic N) is 4. The minimum absolute atomic E-state index is 0.207. The molecule has 0 aliphatic carbocycles. The van der Waals surface area contributed by atoms with Gasteiger partial charge >= 0.3 is 12.0 Å². The predicted octanol–water partition coefficient (Wildman–Crippen LogP) is 2.89. The van der Waals surface area contributed by atoms with Crippen molar-refractivity contribution in [1.29, 1.82) is 0 Å². The maximum Gasteiger partial charge on any atom is 0.433 e. The maximum absolute atomic E-state index is 15.0. The molecular weight excluding hydrogens is 461 g/mol. The monoisotopic (exact) mass is 489 g/mol. The van der Waals surface area contributed by atoms with Crippen LogP contribution in [0.25, 0.3) is 0 Å². The highest BCUT2D eigenvalue weighted by atomic mass is 19.1. The molecule has 2 aliphatic heterocycles. The van der Waals surface area contributed by atoms with Gasteiger partial charge in [0.15, 0.2) is 0 Å². The molecule has 0 spiro atoms. The van der Waals surface area contributed by atoms with E-state index in [4.69, 9.17) is 9.15 Å². The van der Waals surface area contributed by atoms with E-state index in [-0.39, 0.29) is 30.9 Å². The Morgan fingerprint density at radius 1 is 1.29 bits per heavy atom. The number of hydrogen-bond donors (Lipinski definition) is 1. The van der Waals surface area contributed by atoms with E-state index in [1.54, 1.807) is 18.2 Å². The fourth-order valence-corrected chi connectivity index (χ4v) is 4.49. The van der Waals surface area contributed by atoms with Gasteiger partial charge in [-0.3, -0.25) is 24.7 Å². The van der Waals surface area contributed by atoms with Crippen molar-refractivity contribution in [2.24, 2.45) is 0 Å². The summed E-state index contributed by atoms with van der Waals surface area (Å²) in [6.45, 7) is 3.57. The standard InChI is InChI=1S/C23H28FN5O6/c1-15(30)25-12-19-14-28(23(31)35-19)17-3-5-21(20(24)11-17)27-9-7-16(8-10-27)26(2)13-18-4-6-22(34-18)29(32)33/h3-6,11,16,19H,7-10,12-14H2,1-2H3,(H,25,30)/t19-/m0/s1. The van der Waals surface area contributed by atoms with Crippen molar-refractivity contribution in [1.82, 2.24) is 10.2 Å². The molecule has 4 rings (SSSR count). The Hall–Kier alpha value is -3.67. The van der Waals surface area contributed by atoms with Crippen molar-refractivity contribution in [2.75, 3.05) is 43.0 Å². The Morgan fingerprint density at radius 3 is 2.66 bits per heavy atom. The van der Waals surface area contributed by atoms with E-state index in [0.717, 1.165) is 12.8 Å². The number of carbonyl (C=O) groups is 2. The lowest BCUT2D eigenvalue weighted by molar-refractivity contribution is -0.402. The summed E-state index contributed by atoms with van der Waals surface area (Å²) in [4.78, 5) is 39.0. The molecule has 2 aromatic rings. The highest BCUT2D eigenvalue weighted by Crippen LogP contribution is 2.30. The molecule has 2 saturated heterocycles. The van der Waals surface area contributed by atoms with Crippen LogP contribution >= 0.6 is 0 Å². The number of anilines is 2. The van der Waals surface area contributed by atoms with Gasteiger partial charge in [-0.15, -0.1) is 0 Å². The van der Waals surface area contributed by atoms with Crippen molar-refractivity contribution in [3.8, 4) is 0 Å². The molecule has 2 amide bonds. The van der Waals surface area contributed by atoms with Gasteiger partial charge in [0.1, 0.15) is 22.6 Å². The van der Waals surface area contributed by atoms with Gasteiger partial charge in [-0.1, -0.05) is 0 Å². The van der Waals surface area contributed by atoms with E-state index in [2.05, 4.69) is 10.2 Å². The third kappa shape index (κ3) is 5.70. The number of nitrogens with one attached hydrogen (secondary N) is 1. The van der Waals surface area contributed by atoms with E-state index in [1.807, 2.05) is 11.9 Å². The summed E-state index contributed by atoms with van der Waals surface area (Å²) >= 11 is 0. The van der Waals surface area contributed by atoms with Crippen molar-refractivity contribution < 1.29 is 28.1 Å². The number of amides is 2. The van der Waals surface area contributed by atoms with E-state index in [9.17, 15) is 19.7 Å². The number of halogens is 1. The molecule has 0 unspecified atom stereocenters. The van der Waals surface area contributed by atoms with Crippen LogP contribution in [0.15, 0.2) is 34.7 Å². The molecule has 1 atom stereocenters. The van der Waals surface area contributed by atoms with Crippen LogP contribution < -0.4 is 15.1 Å². The smallest absolute Gasteiger partial charge is 0.433 e. The molecule has 0 bridgehead atoms. The largest absolute Gasteiger partial charge is 0.442 e. The summed E-state index contributed by atoms with van der Waals surface area (Å²) in [6, 6.07) is 7.90. The number of cyclic esters (lactones) is 1. The molecule has 1 aromatic heterocycles. The predicted molar refractivity (Wildman–Crippen MR) is 125 cm³/mol. The molecule has 0 saturated carbocycles. The first-order valence-electron chi connectivity index (χ1n) is 11.4. The summed E-state index contributed by atoms with van der Waals surface area (Å²) in [5, 5.41) is 13.4. The lowest BCUT2D eigenvalue weighted by atomic mass is 10.0. The average molecular weight is 490 g/mol. The SMILES string of the molecule is CC(=O)NC[C@H]1CN(c2ccc(N3CCC(N(C)Cc4ccc([N+](=O)[O-])o4)CC3)c(F)c2)C(=O)O1. The van der Waals surface area contributed by atoms with Crippen LogP contribution in [-0.2, 0) is 16.1 Å². The van der Waals surface area contributed by atoms with Crippen molar-refractivity contribution in [3.05, 3.63) is 52.0 Å². The zero-order valence-electron chi connectivity index (χ0n) is 19.6. The van der Waals surface area contributed by atoms with E-state index >= 15 is 4.39 Å². The first-order chi connectivity index (χ1) is 16.7. The highest BCUT2D eigenvalue weighted by molar-refractivity contribution is 5.90. The van der Waals surface area contributed by atoms with Gasteiger partial charge in [0.25, 0.3) is 0 Å². The summed E-state index contributed by atoms with van der Waals surface area (Å²) in [5.74, 6) is -0.374. The Kier molecular flexibility index (Phi) is 7.20. The van der Waals surface area contributed by atoms with Crippen LogP contribution in [0.2, 0.25) is 0 Å². The minimum Gasteiger partial charge on any atom is -0.442 e. The molecule has 0 radical (unpaired) electrons. The van der Waals surface area contributed by atoms with Gasteiger partial charge < -0.3 is 19.4 Å². The van der Waals surface area contributed by atoms with Gasteiger partial charge in [0.05, 0.1) is 37.1 Å². The first-order valence-corrected chi connectivity index (χ1v) is 11.4. The molecule has 12 heteroatoms. The Labute approximate surface area is 201 Å². The molecule has 11 nitrogen and oxygen atoms in total. The van der Waals surface area contributed by atoms with E-state index in [1.165, 1.54) is 24.0 Å². The number of nitro groups is 1. The normalized spacial score (nSPS) is 18.7. The third-order valence-corrected chi connectivity index (χ3v) is 6.36. The van der Waals surface area contributed by atoms with Gasteiger partial charge in [0.2, 0.25) is 5.91 Å². The van der Waals surface area contributed by atoms with Crippen molar-refractivity contribution in [2.45, 2.75) is 38.5 Å². The molecule has 2 aliphatic rings. The van der Waals surface area contributed by atoms with E-state index in [0.29, 0.717) is 36.8 Å². The number of piperidine rings is 1. The quantitative estimate of drug-likeness (QED) is 0.444. The molecule has 188 valence electrons. The number of benzene rings is 1. The third-order valence-electron chi connectivity index (χ3n) is 6.36. The van der Waals surface area contributed by atoms with Crippen LogP contribution in [-0.4, -0.2) is 67.2 Å².